The number of alkyl halides is 3. The normalized spacial score (nSPS) is 11.4. The van der Waals surface area contributed by atoms with Gasteiger partial charge in [-0.25, -0.2) is 0 Å². The molecule has 2 nitrogen and oxygen atoms in total. The van der Waals surface area contributed by atoms with Crippen LogP contribution < -0.4 is 4.74 Å². The van der Waals surface area contributed by atoms with Gasteiger partial charge >= 0.3 is 6.18 Å². The van der Waals surface area contributed by atoms with Crippen molar-refractivity contribution in [1.82, 2.24) is 0 Å². The maximum Gasteiger partial charge on any atom is 0.389 e. The molecule has 0 saturated heterocycles. The molecule has 0 aromatic heterocycles. The van der Waals surface area contributed by atoms with E-state index in [1.54, 1.807) is 0 Å². The van der Waals surface area contributed by atoms with Crippen LogP contribution in [0.15, 0.2) is 21.1 Å². The van der Waals surface area contributed by atoms with Crippen molar-refractivity contribution in [3.05, 3.63) is 26.6 Å². The van der Waals surface area contributed by atoms with Crippen LogP contribution in [0.4, 0.5) is 13.2 Å². The molecule has 0 atom stereocenters. The molecule has 0 heterocycles. The second-order valence-electron chi connectivity index (χ2n) is 3.50. The van der Waals surface area contributed by atoms with Crippen molar-refractivity contribution >= 4 is 38.1 Å². The van der Waals surface area contributed by atoms with E-state index in [1.807, 2.05) is 0 Å². The zero-order valence-corrected chi connectivity index (χ0v) is 12.2. The maximum atomic E-state index is 11.9. The van der Waals surface area contributed by atoms with Crippen molar-refractivity contribution in [2.24, 2.45) is 0 Å². The van der Waals surface area contributed by atoms with Crippen LogP contribution in [0.5, 0.6) is 5.75 Å². The SMILES string of the molecule is O=Cc1cc(Br)c(OCCCC(F)(F)F)c(Br)c1. The number of aldehydes is 1. The molecule has 0 unspecified atom stereocenters. The summed E-state index contributed by atoms with van der Waals surface area (Å²) in [5.74, 6) is 0.391. The first-order valence-electron chi connectivity index (χ1n) is 4.97. The molecule has 18 heavy (non-hydrogen) atoms. The molecule has 0 saturated carbocycles. The minimum absolute atomic E-state index is 0.0445. The summed E-state index contributed by atoms with van der Waals surface area (Å²) >= 11 is 6.39. The smallest absolute Gasteiger partial charge is 0.389 e. The molecule has 0 aliphatic carbocycles. The first kappa shape index (κ1) is 15.5. The Balaban J connectivity index is 2.60. The third-order valence-corrected chi connectivity index (χ3v) is 3.19. The highest BCUT2D eigenvalue weighted by atomic mass is 79.9. The molecule has 100 valence electrons. The van der Waals surface area contributed by atoms with Gasteiger partial charge in [0.05, 0.1) is 15.6 Å². The summed E-state index contributed by atoms with van der Waals surface area (Å²) in [5.41, 5.74) is 0.441. The van der Waals surface area contributed by atoms with Gasteiger partial charge in [-0.2, -0.15) is 13.2 Å². The van der Waals surface area contributed by atoms with E-state index >= 15 is 0 Å². The summed E-state index contributed by atoms with van der Waals surface area (Å²) in [5, 5.41) is 0. The van der Waals surface area contributed by atoms with Gasteiger partial charge in [-0.3, -0.25) is 4.79 Å². The summed E-state index contributed by atoms with van der Waals surface area (Å²) < 4.78 is 42.1. The van der Waals surface area contributed by atoms with E-state index < -0.39 is 12.6 Å². The van der Waals surface area contributed by atoms with Gasteiger partial charge < -0.3 is 4.74 Å². The Hall–Kier alpha value is -0.560. The molecule has 0 spiro atoms. The molecule has 0 N–H and O–H groups in total. The molecular weight excluding hydrogens is 381 g/mol. The summed E-state index contributed by atoms with van der Waals surface area (Å²) in [6.07, 6.45) is -4.49. The number of rotatable bonds is 5. The number of benzene rings is 1. The predicted octanol–water partition coefficient (Wildman–Crippen LogP) is 4.75. The molecule has 1 aromatic carbocycles. The van der Waals surface area contributed by atoms with Crippen LogP contribution in [0.2, 0.25) is 0 Å². The van der Waals surface area contributed by atoms with Gasteiger partial charge in [0.25, 0.3) is 0 Å². The molecule has 1 rings (SSSR count). The Morgan fingerprint density at radius 2 is 1.78 bits per heavy atom. The largest absolute Gasteiger partial charge is 0.491 e. The van der Waals surface area contributed by atoms with E-state index in [0.29, 0.717) is 26.5 Å². The third-order valence-electron chi connectivity index (χ3n) is 2.01. The second kappa shape index (κ2) is 6.56. The molecule has 0 bridgehead atoms. The zero-order chi connectivity index (χ0) is 13.8. The number of ether oxygens (including phenoxy) is 1. The lowest BCUT2D eigenvalue weighted by Crippen LogP contribution is -2.10. The van der Waals surface area contributed by atoms with Gasteiger partial charge in [-0.1, -0.05) is 0 Å². The van der Waals surface area contributed by atoms with Crippen LogP contribution >= 0.6 is 31.9 Å². The van der Waals surface area contributed by atoms with Gasteiger partial charge in [-0.05, 0) is 50.4 Å². The van der Waals surface area contributed by atoms with Crippen LogP contribution in [0.3, 0.4) is 0 Å². The fourth-order valence-electron chi connectivity index (χ4n) is 1.23. The van der Waals surface area contributed by atoms with Crippen molar-refractivity contribution < 1.29 is 22.7 Å². The lowest BCUT2D eigenvalue weighted by Gasteiger charge is -2.11. The van der Waals surface area contributed by atoms with Crippen molar-refractivity contribution in [2.45, 2.75) is 19.0 Å². The second-order valence-corrected chi connectivity index (χ2v) is 5.21. The van der Waals surface area contributed by atoms with Crippen molar-refractivity contribution in [3.63, 3.8) is 0 Å². The van der Waals surface area contributed by atoms with Gasteiger partial charge in [0.2, 0.25) is 0 Å². The maximum absolute atomic E-state index is 11.9. The van der Waals surface area contributed by atoms with E-state index in [0.717, 1.165) is 0 Å². The van der Waals surface area contributed by atoms with Crippen molar-refractivity contribution in [3.8, 4) is 5.75 Å². The molecule has 0 aliphatic rings. The molecule has 0 fully saturated rings. The Morgan fingerprint density at radius 3 is 2.22 bits per heavy atom. The fraction of sp³-hybridized carbons (Fsp3) is 0.364. The Kier molecular flexibility index (Phi) is 5.65. The highest BCUT2D eigenvalue weighted by Gasteiger charge is 2.26. The van der Waals surface area contributed by atoms with Crippen LogP contribution in [0.1, 0.15) is 23.2 Å². The quantitative estimate of drug-likeness (QED) is 0.536. The average molecular weight is 390 g/mol. The first-order valence-corrected chi connectivity index (χ1v) is 6.56. The first-order chi connectivity index (χ1) is 8.33. The van der Waals surface area contributed by atoms with Crippen LogP contribution in [-0.2, 0) is 0 Å². The number of halogens is 5. The summed E-state index contributed by atoms with van der Waals surface area (Å²) in [6.45, 7) is -0.0445. The van der Waals surface area contributed by atoms with E-state index in [4.69, 9.17) is 4.74 Å². The molecular formula is C11H9Br2F3O2. The lowest BCUT2D eigenvalue weighted by molar-refractivity contribution is -0.136. The Morgan fingerprint density at radius 1 is 1.22 bits per heavy atom. The molecule has 0 amide bonds. The minimum Gasteiger partial charge on any atom is -0.491 e. The number of hydrogen-bond acceptors (Lipinski definition) is 2. The van der Waals surface area contributed by atoms with E-state index in [-0.39, 0.29) is 13.0 Å². The lowest BCUT2D eigenvalue weighted by atomic mass is 10.2. The standard InChI is InChI=1S/C11H9Br2F3O2/c12-8-4-7(6-17)5-9(13)10(8)18-3-1-2-11(14,15)16/h4-6H,1-3H2. The van der Waals surface area contributed by atoms with E-state index in [9.17, 15) is 18.0 Å². The third kappa shape index (κ3) is 4.97. The highest BCUT2D eigenvalue weighted by Crippen LogP contribution is 2.34. The van der Waals surface area contributed by atoms with E-state index in [1.165, 1.54) is 12.1 Å². The summed E-state index contributed by atoms with van der Waals surface area (Å²) in [4.78, 5) is 10.6. The number of carbonyl (C=O) groups is 1. The van der Waals surface area contributed by atoms with Crippen LogP contribution in [0.25, 0.3) is 0 Å². The van der Waals surface area contributed by atoms with Gasteiger partial charge in [-0.15, -0.1) is 0 Å². The predicted molar refractivity (Wildman–Crippen MR) is 68.0 cm³/mol. The van der Waals surface area contributed by atoms with Crippen LogP contribution in [-0.4, -0.2) is 19.1 Å². The van der Waals surface area contributed by atoms with Crippen LogP contribution in [0, 0.1) is 0 Å². The molecule has 0 radical (unpaired) electrons. The number of hydrogen-bond donors (Lipinski definition) is 0. The molecule has 1 aromatic rings. The molecule has 7 heteroatoms. The highest BCUT2D eigenvalue weighted by molar-refractivity contribution is 9.11. The topological polar surface area (TPSA) is 26.3 Å². The minimum atomic E-state index is -4.17. The average Bonchev–Trinajstić information content (AvgIpc) is 2.25. The van der Waals surface area contributed by atoms with Gasteiger partial charge in [0.15, 0.2) is 0 Å². The summed E-state index contributed by atoms with van der Waals surface area (Å²) in [7, 11) is 0. The van der Waals surface area contributed by atoms with Gasteiger partial charge in [0.1, 0.15) is 12.0 Å². The monoisotopic (exact) mass is 388 g/mol. The number of carbonyl (C=O) groups excluding carboxylic acids is 1. The van der Waals surface area contributed by atoms with Crippen molar-refractivity contribution in [2.75, 3.05) is 6.61 Å². The Bertz CT molecular complexity index is 410. The van der Waals surface area contributed by atoms with Crippen molar-refractivity contribution in [1.29, 1.82) is 0 Å². The van der Waals surface area contributed by atoms with Gasteiger partial charge in [0, 0.05) is 12.0 Å². The Labute approximate surface area is 119 Å². The molecule has 0 aliphatic heterocycles. The fourth-order valence-corrected chi connectivity index (χ4v) is 2.68. The zero-order valence-electron chi connectivity index (χ0n) is 9.06. The van der Waals surface area contributed by atoms with E-state index in [2.05, 4.69) is 31.9 Å². The summed E-state index contributed by atoms with van der Waals surface area (Å²) in [6, 6.07) is 3.08.